The van der Waals surface area contributed by atoms with Gasteiger partial charge in [0.2, 0.25) is 5.89 Å². The summed E-state index contributed by atoms with van der Waals surface area (Å²) in [6.45, 7) is 0.0908. The van der Waals surface area contributed by atoms with Crippen LogP contribution >= 0.6 is 11.6 Å². The van der Waals surface area contributed by atoms with Crippen LogP contribution in [0.25, 0.3) is 0 Å². The largest absolute Gasteiger partial charge is 0.446 e. The van der Waals surface area contributed by atoms with Crippen LogP contribution in [0.2, 0.25) is 5.02 Å². The van der Waals surface area contributed by atoms with Gasteiger partial charge < -0.3 is 14.6 Å². The Morgan fingerprint density at radius 3 is 2.44 bits per heavy atom. The number of carbonyl (C=O) groups excluding carboxylic acids is 2. The second kappa shape index (κ2) is 11.0. The Morgan fingerprint density at radius 1 is 1.12 bits per heavy atom. The molecule has 0 atom stereocenters. The summed E-state index contributed by atoms with van der Waals surface area (Å²) in [7, 11) is 0. The van der Waals surface area contributed by atoms with Gasteiger partial charge in [0.1, 0.15) is 6.26 Å². The van der Waals surface area contributed by atoms with Gasteiger partial charge in [-0.05, 0) is 31.7 Å². The van der Waals surface area contributed by atoms with E-state index < -0.39 is 4.92 Å². The average molecular weight is 489 g/mol. The molecule has 9 nitrogen and oxygen atoms in total. The van der Waals surface area contributed by atoms with Gasteiger partial charge in [0, 0.05) is 24.2 Å². The van der Waals surface area contributed by atoms with Gasteiger partial charge in [-0.25, -0.2) is 4.98 Å². The van der Waals surface area contributed by atoms with E-state index in [2.05, 4.69) is 10.3 Å². The molecule has 2 amide bonds. The van der Waals surface area contributed by atoms with Gasteiger partial charge in [-0.3, -0.25) is 19.7 Å². The molecule has 0 aliphatic heterocycles. The Hall–Kier alpha value is -2.94. The molecule has 1 heterocycles. The number of nitrogens with zero attached hydrogens (tertiary/aromatic N) is 3. The van der Waals surface area contributed by atoms with Crippen LogP contribution in [0.5, 0.6) is 0 Å². The first kappa shape index (κ1) is 24.2. The van der Waals surface area contributed by atoms with Crippen LogP contribution in [-0.2, 0) is 6.54 Å². The summed E-state index contributed by atoms with van der Waals surface area (Å²) in [6.07, 6.45) is 11.5. The number of aromatic nitrogens is 1. The summed E-state index contributed by atoms with van der Waals surface area (Å²) >= 11 is 6.25. The molecule has 2 saturated carbocycles. The molecule has 182 valence electrons. The number of amides is 2. The third kappa shape index (κ3) is 5.75. The van der Waals surface area contributed by atoms with E-state index in [4.69, 9.17) is 16.0 Å². The average Bonchev–Trinajstić information content (AvgIpc) is 3.32. The van der Waals surface area contributed by atoms with Gasteiger partial charge in [0.25, 0.3) is 17.5 Å². The van der Waals surface area contributed by atoms with E-state index in [1.807, 2.05) is 0 Å². The predicted octanol–water partition coefficient (Wildman–Crippen LogP) is 5.27. The van der Waals surface area contributed by atoms with Crippen molar-refractivity contribution in [2.24, 2.45) is 0 Å². The highest BCUT2D eigenvalue weighted by Crippen LogP contribution is 2.29. The van der Waals surface area contributed by atoms with Crippen LogP contribution in [0.1, 0.15) is 90.9 Å². The minimum Gasteiger partial charge on any atom is -0.446 e. The maximum Gasteiger partial charge on any atom is 0.273 e. The lowest BCUT2D eigenvalue weighted by molar-refractivity contribution is -0.384. The first-order chi connectivity index (χ1) is 16.4. The van der Waals surface area contributed by atoms with E-state index in [9.17, 15) is 19.7 Å². The highest BCUT2D eigenvalue weighted by atomic mass is 35.5. The number of oxazole rings is 1. The Balaban J connectivity index is 1.51. The molecule has 2 aliphatic carbocycles. The van der Waals surface area contributed by atoms with E-state index in [0.29, 0.717) is 0 Å². The molecular weight excluding hydrogens is 460 g/mol. The second-order valence-corrected chi connectivity index (χ2v) is 9.49. The normalized spacial score (nSPS) is 17.3. The molecule has 4 rings (SSSR count). The van der Waals surface area contributed by atoms with Crippen molar-refractivity contribution in [2.75, 3.05) is 0 Å². The van der Waals surface area contributed by atoms with Crippen LogP contribution in [0.15, 0.2) is 28.9 Å². The lowest BCUT2D eigenvalue weighted by Gasteiger charge is -2.33. The molecule has 2 fully saturated rings. The number of hydrogen-bond acceptors (Lipinski definition) is 6. The SMILES string of the molecule is O=C(NC1CCCCC1)c1coc(CN(C(=O)c2ccc([N+](=O)[O-])cc2Cl)C2CCCCC2)n1. The molecule has 1 N–H and O–H groups in total. The van der Waals surface area contributed by atoms with Gasteiger partial charge in [-0.1, -0.05) is 50.1 Å². The second-order valence-electron chi connectivity index (χ2n) is 9.08. The Labute approximate surface area is 203 Å². The van der Waals surface area contributed by atoms with Crippen molar-refractivity contribution in [3.8, 4) is 0 Å². The molecule has 1 aromatic carbocycles. The van der Waals surface area contributed by atoms with Gasteiger partial charge in [-0.15, -0.1) is 0 Å². The molecule has 0 radical (unpaired) electrons. The first-order valence-electron chi connectivity index (χ1n) is 11.9. The van der Waals surface area contributed by atoms with Crippen LogP contribution in [0, 0.1) is 10.1 Å². The Kier molecular flexibility index (Phi) is 7.82. The predicted molar refractivity (Wildman–Crippen MR) is 126 cm³/mol. The third-order valence-corrected chi connectivity index (χ3v) is 7.01. The monoisotopic (exact) mass is 488 g/mol. The molecule has 2 aliphatic rings. The summed E-state index contributed by atoms with van der Waals surface area (Å²) in [6, 6.07) is 3.98. The fourth-order valence-electron chi connectivity index (χ4n) is 4.84. The van der Waals surface area contributed by atoms with E-state index in [0.717, 1.165) is 57.8 Å². The molecule has 0 bridgehead atoms. The summed E-state index contributed by atoms with van der Waals surface area (Å²) < 4.78 is 5.57. The number of carbonyl (C=O) groups is 2. The quantitative estimate of drug-likeness (QED) is 0.418. The zero-order valence-corrected chi connectivity index (χ0v) is 19.8. The molecule has 0 spiro atoms. The van der Waals surface area contributed by atoms with E-state index in [1.54, 1.807) is 4.90 Å². The van der Waals surface area contributed by atoms with E-state index in [-0.39, 0.29) is 58.3 Å². The summed E-state index contributed by atoms with van der Waals surface area (Å²) in [5.74, 6) is -0.334. The number of benzene rings is 1. The Morgan fingerprint density at radius 2 is 1.79 bits per heavy atom. The Bertz CT molecular complexity index is 1040. The zero-order chi connectivity index (χ0) is 24.1. The third-order valence-electron chi connectivity index (χ3n) is 6.70. The molecule has 34 heavy (non-hydrogen) atoms. The van der Waals surface area contributed by atoms with Crippen LogP contribution in [0.3, 0.4) is 0 Å². The number of nitro groups is 1. The van der Waals surface area contributed by atoms with E-state index >= 15 is 0 Å². The minimum absolute atomic E-state index is 0.0277. The highest BCUT2D eigenvalue weighted by molar-refractivity contribution is 6.34. The maximum atomic E-state index is 13.5. The van der Waals surface area contributed by atoms with Crippen molar-refractivity contribution < 1.29 is 18.9 Å². The number of halogens is 1. The first-order valence-corrected chi connectivity index (χ1v) is 12.3. The highest BCUT2D eigenvalue weighted by Gasteiger charge is 2.30. The number of rotatable bonds is 7. The summed E-state index contributed by atoms with van der Waals surface area (Å²) in [5.41, 5.74) is 0.219. The molecule has 10 heteroatoms. The van der Waals surface area contributed by atoms with Crippen molar-refractivity contribution in [2.45, 2.75) is 82.8 Å². The molecular formula is C24H29ClN4O5. The van der Waals surface area contributed by atoms with Crippen LogP contribution in [-0.4, -0.2) is 38.7 Å². The van der Waals surface area contributed by atoms with Crippen molar-refractivity contribution in [1.82, 2.24) is 15.2 Å². The number of hydrogen-bond donors (Lipinski definition) is 1. The van der Waals surface area contributed by atoms with Gasteiger partial charge >= 0.3 is 0 Å². The summed E-state index contributed by atoms with van der Waals surface area (Å²) in [4.78, 5) is 42.6. The molecule has 2 aromatic rings. The van der Waals surface area contributed by atoms with Gasteiger partial charge in [0.15, 0.2) is 5.69 Å². The lowest BCUT2D eigenvalue weighted by Crippen LogP contribution is -2.41. The maximum absolute atomic E-state index is 13.5. The summed E-state index contributed by atoms with van der Waals surface area (Å²) in [5, 5.41) is 14.1. The lowest BCUT2D eigenvalue weighted by atomic mass is 9.93. The van der Waals surface area contributed by atoms with Crippen molar-refractivity contribution in [3.05, 3.63) is 56.7 Å². The number of nitro benzene ring substituents is 1. The number of non-ortho nitro benzene ring substituents is 1. The fraction of sp³-hybridized carbons (Fsp3) is 0.542. The smallest absolute Gasteiger partial charge is 0.273 e. The van der Waals surface area contributed by atoms with Crippen molar-refractivity contribution in [1.29, 1.82) is 0 Å². The molecule has 0 unspecified atom stereocenters. The molecule has 1 aromatic heterocycles. The standard InChI is InChI=1S/C24H29ClN4O5/c25-20-13-18(29(32)33)11-12-19(20)24(31)28(17-9-5-2-6-10-17)14-22-27-21(15-34-22)23(30)26-16-7-3-1-4-8-16/h11-13,15-17H,1-10,14H2,(H,26,30). The zero-order valence-electron chi connectivity index (χ0n) is 19.0. The fourth-order valence-corrected chi connectivity index (χ4v) is 5.10. The van der Waals surface area contributed by atoms with E-state index in [1.165, 1.54) is 30.9 Å². The van der Waals surface area contributed by atoms with Crippen molar-refractivity contribution in [3.63, 3.8) is 0 Å². The van der Waals surface area contributed by atoms with Crippen LogP contribution < -0.4 is 5.32 Å². The van der Waals surface area contributed by atoms with Crippen molar-refractivity contribution >= 4 is 29.1 Å². The number of nitrogens with one attached hydrogen (secondary N) is 1. The minimum atomic E-state index is -0.550. The van der Waals surface area contributed by atoms with Crippen LogP contribution in [0.4, 0.5) is 5.69 Å². The van der Waals surface area contributed by atoms with Gasteiger partial charge in [0.05, 0.1) is 22.1 Å². The topological polar surface area (TPSA) is 119 Å². The van der Waals surface area contributed by atoms with Gasteiger partial charge in [-0.2, -0.15) is 0 Å². The molecule has 0 saturated heterocycles.